The Morgan fingerprint density at radius 1 is 1.09 bits per heavy atom. The molecule has 1 N–H and O–H groups in total. The van der Waals surface area contributed by atoms with Gasteiger partial charge >= 0.3 is 6.18 Å². The van der Waals surface area contributed by atoms with Crippen LogP contribution in [0.15, 0.2) is 33.6 Å². The van der Waals surface area contributed by atoms with Gasteiger partial charge in [-0.1, -0.05) is 17.7 Å². The lowest BCUT2D eigenvalue weighted by Crippen LogP contribution is -2.24. The van der Waals surface area contributed by atoms with Gasteiger partial charge in [-0.05, 0) is 44.0 Å². The van der Waals surface area contributed by atoms with Gasteiger partial charge in [0.25, 0.3) is 0 Å². The molecule has 0 saturated carbocycles. The molecule has 0 spiro atoms. The van der Waals surface area contributed by atoms with Gasteiger partial charge in [-0.2, -0.15) is 13.2 Å². The third-order valence-corrected chi connectivity index (χ3v) is 4.96. The number of hydrogen-bond donors (Lipinski definition) is 1. The summed E-state index contributed by atoms with van der Waals surface area (Å²) in [6.45, 7) is 4.84. The predicted molar refractivity (Wildman–Crippen MR) is 78.4 cm³/mol. The number of nitrogens with one attached hydrogen (secondary N) is 1. The number of hydrogen-bond acceptors (Lipinski definition) is 3. The van der Waals surface area contributed by atoms with E-state index in [0.29, 0.717) is 11.1 Å². The first-order chi connectivity index (χ1) is 10.5. The van der Waals surface area contributed by atoms with E-state index in [2.05, 4.69) is 9.14 Å². The SMILES string of the molecule is Cc1cc(C)c(S(=O)(=O)NCc2ccc(C(F)(F)F)o2)c(C)c1. The van der Waals surface area contributed by atoms with E-state index in [1.165, 1.54) is 0 Å². The topological polar surface area (TPSA) is 59.3 Å². The number of alkyl halides is 3. The Morgan fingerprint density at radius 2 is 1.65 bits per heavy atom. The zero-order valence-corrected chi connectivity index (χ0v) is 13.6. The average Bonchev–Trinajstić information content (AvgIpc) is 2.83. The van der Waals surface area contributed by atoms with E-state index in [4.69, 9.17) is 0 Å². The molecule has 0 atom stereocenters. The quantitative estimate of drug-likeness (QED) is 0.917. The molecule has 0 radical (unpaired) electrons. The first kappa shape index (κ1) is 17.6. The van der Waals surface area contributed by atoms with Crippen molar-refractivity contribution in [3.63, 3.8) is 0 Å². The minimum Gasteiger partial charge on any atom is -0.455 e. The second-order valence-corrected chi connectivity index (χ2v) is 7.02. The molecule has 0 aliphatic heterocycles. The lowest BCUT2D eigenvalue weighted by molar-refractivity contribution is -0.153. The molecule has 0 amide bonds. The molecule has 1 aromatic heterocycles. The Bertz CT molecular complexity index is 800. The van der Waals surface area contributed by atoms with Crippen LogP contribution in [0.1, 0.15) is 28.2 Å². The molecule has 126 valence electrons. The Labute approximate surface area is 132 Å². The second kappa shape index (κ2) is 6.01. The van der Waals surface area contributed by atoms with Crippen molar-refractivity contribution in [1.29, 1.82) is 0 Å². The van der Waals surface area contributed by atoms with Crippen LogP contribution in [0.25, 0.3) is 0 Å². The molecular formula is C15H16F3NO3S. The summed E-state index contributed by atoms with van der Waals surface area (Å²) in [6, 6.07) is 5.33. The van der Waals surface area contributed by atoms with E-state index < -0.39 is 22.0 Å². The van der Waals surface area contributed by atoms with Crippen LogP contribution in [0.2, 0.25) is 0 Å². The smallest absolute Gasteiger partial charge is 0.449 e. The molecule has 0 aliphatic rings. The molecule has 4 nitrogen and oxygen atoms in total. The Kier molecular flexibility index (Phi) is 4.59. The molecule has 0 fully saturated rings. The van der Waals surface area contributed by atoms with E-state index in [0.717, 1.165) is 17.7 Å². The van der Waals surface area contributed by atoms with Crippen molar-refractivity contribution in [2.24, 2.45) is 0 Å². The molecule has 1 aromatic carbocycles. The second-order valence-electron chi connectivity index (χ2n) is 5.32. The van der Waals surface area contributed by atoms with Gasteiger partial charge in [0, 0.05) is 0 Å². The monoisotopic (exact) mass is 347 g/mol. The normalized spacial score (nSPS) is 12.6. The lowest BCUT2D eigenvalue weighted by Gasteiger charge is -2.12. The number of rotatable bonds is 4. The molecule has 8 heteroatoms. The highest BCUT2D eigenvalue weighted by molar-refractivity contribution is 7.89. The van der Waals surface area contributed by atoms with Crippen LogP contribution in [0.4, 0.5) is 13.2 Å². The maximum Gasteiger partial charge on any atom is 0.449 e. The maximum atomic E-state index is 12.5. The summed E-state index contributed by atoms with van der Waals surface area (Å²) in [4.78, 5) is 0.130. The van der Waals surface area contributed by atoms with Crippen molar-refractivity contribution in [3.05, 3.63) is 52.5 Å². The number of sulfonamides is 1. The van der Waals surface area contributed by atoms with Crippen LogP contribution in [0, 0.1) is 20.8 Å². The highest BCUT2D eigenvalue weighted by Gasteiger charge is 2.34. The van der Waals surface area contributed by atoms with Crippen molar-refractivity contribution in [3.8, 4) is 0 Å². The molecule has 0 bridgehead atoms. The summed E-state index contributed by atoms with van der Waals surface area (Å²) in [6.07, 6.45) is -4.60. The molecule has 0 unspecified atom stereocenters. The number of benzene rings is 1. The Hall–Kier alpha value is -1.80. The van der Waals surface area contributed by atoms with E-state index in [9.17, 15) is 21.6 Å². The fourth-order valence-corrected chi connectivity index (χ4v) is 3.90. The minimum atomic E-state index is -4.60. The summed E-state index contributed by atoms with van der Waals surface area (Å²) in [5.74, 6) is -1.27. The zero-order chi connectivity index (χ0) is 17.4. The Balaban J connectivity index is 2.22. The van der Waals surface area contributed by atoms with E-state index in [1.54, 1.807) is 26.0 Å². The summed E-state index contributed by atoms with van der Waals surface area (Å²) in [5.41, 5.74) is 2.08. The first-order valence-electron chi connectivity index (χ1n) is 6.74. The van der Waals surface area contributed by atoms with Gasteiger partial charge in [-0.3, -0.25) is 0 Å². The fraction of sp³-hybridized carbons (Fsp3) is 0.333. The van der Waals surface area contributed by atoms with Gasteiger partial charge in [0.05, 0.1) is 11.4 Å². The number of aryl methyl sites for hydroxylation is 3. The van der Waals surface area contributed by atoms with Gasteiger partial charge in [0.1, 0.15) is 5.76 Å². The van der Waals surface area contributed by atoms with E-state index in [1.807, 2.05) is 6.92 Å². The van der Waals surface area contributed by atoms with Crippen LogP contribution >= 0.6 is 0 Å². The van der Waals surface area contributed by atoms with Gasteiger partial charge in [0.2, 0.25) is 15.8 Å². The highest BCUT2D eigenvalue weighted by atomic mass is 32.2. The minimum absolute atomic E-state index is 0.108. The third-order valence-electron chi connectivity index (χ3n) is 3.25. The lowest BCUT2D eigenvalue weighted by atomic mass is 10.1. The molecule has 23 heavy (non-hydrogen) atoms. The van der Waals surface area contributed by atoms with Crippen LogP contribution in [0.5, 0.6) is 0 Å². The zero-order valence-electron chi connectivity index (χ0n) is 12.8. The summed E-state index contributed by atoms with van der Waals surface area (Å²) >= 11 is 0. The molecule has 2 aromatic rings. The molecule has 0 aliphatic carbocycles. The average molecular weight is 347 g/mol. The fourth-order valence-electron chi connectivity index (χ4n) is 2.45. The van der Waals surface area contributed by atoms with Crippen LogP contribution in [-0.2, 0) is 22.7 Å². The number of halogens is 3. The maximum absolute atomic E-state index is 12.5. The number of furan rings is 1. The van der Waals surface area contributed by atoms with Gasteiger partial charge in [-0.25, -0.2) is 13.1 Å². The van der Waals surface area contributed by atoms with Crippen LogP contribution in [-0.4, -0.2) is 8.42 Å². The molecule has 1 heterocycles. The first-order valence-corrected chi connectivity index (χ1v) is 8.22. The van der Waals surface area contributed by atoms with Gasteiger partial charge < -0.3 is 4.42 Å². The Morgan fingerprint density at radius 3 is 2.13 bits per heavy atom. The summed E-state index contributed by atoms with van der Waals surface area (Å²) in [5, 5.41) is 0. The largest absolute Gasteiger partial charge is 0.455 e. The van der Waals surface area contributed by atoms with Crippen molar-refractivity contribution >= 4 is 10.0 Å². The van der Waals surface area contributed by atoms with Crippen LogP contribution < -0.4 is 4.72 Å². The molecular weight excluding hydrogens is 331 g/mol. The van der Waals surface area contributed by atoms with Crippen molar-refractivity contribution in [2.75, 3.05) is 0 Å². The standard InChI is InChI=1S/C15H16F3NO3S/c1-9-6-10(2)14(11(3)7-9)23(20,21)19-8-12-4-5-13(22-12)15(16,17)18/h4-7,19H,8H2,1-3H3. The van der Waals surface area contributed by atoms with Crippen LogP contribution in [0.3, 0.4) is 0 Å². The van der Waals surface area contributed by atoms with Gasteiger partial charge in [0.15, 0.2) is 0 Å². The van der Waals surface area contributed by atoms with Crippen molar-refractivity contribution < 1.29 is 26.0 Å². The van der Waals surface area contributed by atoms with E-state index >= 15 is 0 Å². The summed E-state index contributed by atoms with van der Waals surface area (Å²) < 4.78 is 69.0. The highest BCUT2D eigenvalue weighted by Crippen LogP contribution is 2.30. The summed E-state index contributed by atoms with van der Waals surface area (Å²) in [7, 11) is -3.85. The van der Waals surface area contributed by atoms with E-state index in [-0.39, 0.29) is 17.2 Å². The molecule has 0 saturated heterocycles. The predicted octanol–water partition coefficient (Wildman–Crippen LogP) is 3.70. The third kappa shape index (κ3) is 3.94. The van der Waals surface area contributed by atoms with Gasteiger partial charge in [-0.15, -0.1) is 0 Å². The van der Waals surface area contributed by atoms with Crippen molar-refractivity contribution in [1.82, 2.24) is 4.72 Å². The van der Waals surface area contributed by atoms with Crippen molar-refractivity contribution in [2.45, 2.75) is 38.4 Å². The molecule has 2 rings (SSSR count).